The van der Waals surface area contributed by atoms with Crippen LogP contribution in [0.2, 0.25) is 0 Å². The Bertz CT molecular complexity index is 147. The minimum absolute atomic E-state index is 0.293. The van der Waals surface area contributed by atoms with E-state index in [1.54, 1.807) is 0 Å². The Balaban J connectivity index is 2.50. The first kappa shape index (κ1) is 11.3. The average molecular weight is 203 g/mol. The highest BCUT2D eigenvalue weighted by molar-refractivity contribution is 6.22. The van der Waals surface area contributed by atoms with Gasteiger partial charge in [-0.2, -0.15) is 0 Å². The molecule has 3 atom stereocenters. The first-order chi connectivity index (χ1) is 6.15. The van der Waals surface area contributed by atoms with Crippen LogP contribution in [-0.2, 0) is 4.74 Å². The molecule has 0 aromatic heterocycles. The molecular formula is C11H19ClO. The maximum atomic E-state index is 5.38. The highest BCUT2D eigenvalue weighted by Gasteiger charge is 2.31. The third-order valence-corrected chi connectivity index (χ3v) is 3.25. The monoisotopic (exact) mass is 202 g/mol. The molecule has 0 aromatic rings. The molecule has 1 saturated carbocycles. The van der Waals surface area contributed by atoms with Gasteiger partial charge >= 0.3 is 0 Å². The van der Waals surface area contributed by atoms with Gasteiger partial charge in [-0.3, -0.25) is 0 Å². The van der Waals surface area contributed by atoms with Crippen molar-refractivity contribution in [3.05, 3.63) is 6.07 Å². The molecule has 0 heterocycles. The van der Waals surface area contributed by atoms with Gasteiger partial charge in [0.25, 0.3) is 0 Å². The van der Waals surface area contributed by atoms with E-state index < -0.39 is 0 Å². The van der Waals surface area contributed by atoms with Crippen LogP contribution in [0.15, 0.2) is 0 Å². The summed E-state index contributed by atoms with van der Waals surface area (Å²) in [5, 5.41) is 0. The molecule has 0 bridgehead atoms. The Hall–Kier alpha value is 0.250. The largest absolute Gasteiger partial charge is 0.348 e. The summed E-state index contributed by atoms with van der Waals surface area (Å²) in [5.74, 6) is 2.11. The zero-order valence-electron chi connectivity index (χ0n) is 8.72. The minimum atomic E-state index is 0.293. The van der Waals surface area contributed by atoms with E-state index in [-0.39, 0.29) is 0 Å². The van der Waals surface area contributed by atoms with Crippen LogP contribution >= 0.6 is 11.6 Å². The van der Waals surface area contributed by atoms with Crippen molar-refractivity contribution in [3.63, 3.8) is 0 Å². The topological polar surface area (TPSA) is 9.23 Å². The molecular weight excluding hydrogens is 184 g/mol. The zero-order chi connectivity index (χ0) is 9.84. The molecule has 1 aliphatic rings. The molecule has 0 amide bonds. The van der Waals surface area contributed by atoms with Gasteiger partial charge in [-0.1, -0.05) is 38.8 Å². The van der Waals surface area contributed by atoms with Gasteiger partial charge in [0.2, 0.25) is 6.07 Å². The Morgan fingerprint density at radius 1 is 1.38 bits per heavy atom. The molecule has 1 aliphatic carbocycles. The maximum Gasteiger partial charge on any atom is 0.237 e. The summed E-state index contributed by atoms with van der Waals surface area (Å²) in [4.78, 5) is 0. The van der Waals surface area contributed by atoms with Crippen LogP contribution in [0.3, 0.4) is 0 Å². The lowest BCUT2D eigenvalue weighted by molar-refractivity contribution is 0.00394. The molecule has 2 heteroatoms. The first-order valence-corrected chi connectivity index (χ1v) is 5.54. The van der Waals surface area contributed by atoms with Gasteiger partial charge in [-0.05, 0) is 30.6 Å². The fraction of sp³-hybridized carbons (Fsp3) is 0.909. The highest BCUT2D eigenvalue weighted by atomic mass is 35.5. The second kappa shape index (κ2) is 5.21. The Labute approximate surface area is 86.8 Å². The first-order valence-electron chi connectivity index (χ1n) is 5.16. The van der Waals surface area contributed by atoms with Gasteiger partial charge in [0.15, 0.2) is 0 Å². The Kier molecular flexibility index (Phi) is 4.54. The summed E-state index contributed by atoms with van der Waals surface area (Å²) in [6, 6.07) is 2.32. The number of hydrogen-bond acceptors (Lipinski definition) is 1. The summed E-state index contributed by atoms with van der Waals surface area (Å²) < 4.78 is 5.34. The van der Waals surface area contributed by atoms with E-state index >= 15 is 0 Å². The standard InChI is InChI=1S/C11H19ClO/c1-8(2)10-5-4-9(3)6-11(10)13-7-12/h8-11H,4-6H2,1-3H3/t9-,10+,11-/m1/s1. The van der Waals surface area contributed by atoms with Crippen LogP contribution in [0.25, 0.3) is 0 Å². The van der Waals surface area contributed by atoms with Gasteiger partial charge in [0, 0.05) is 0 Å². The third kappa shape index (κ3) is 3.14. The van der Waals surface area contributed by atoms with Crippen LogP contribution in [0.5, 0.6) is 0 Å². The average Bonchev–Trinajstić information content (AvgIpc) is 2.04. The summed E-state index contributed by atoms with van der Waals surface area (Å²) in [7, 11) is 0. The zero-order valence-corrected chi connectivity index (χ0v) is 9.47. The van der Waals surface area contributed by atoms with Gasteiger partial charge in [0.05, 0.1) is 6.10 Å². The maximum absolute atomic E-state index is 5.38. The predicted octanol–water partition coefficient (Wildman–Crippen LogP) is 3.70. The second-order valence-corrected chi connectivity index (χ2v) is 4.71. The van der Waals surface area contributed by atoms with Crippen LogP contribution < -0.4 is 0 Å². The quantitative estimate of drug-likeness (QED) is 0.678. The SMILES string of the molecule is CC(C)[C@@H]1CC[C@@H](C)C[C@H]1O[C]Cl. The van der Waals surface area contributed by atoms with Crippen molar-refractivity contribution in [2.75, 3.05) is 0 Å². The second-order valence-electron chi connectivity index (χ2n) is 4.56. The molecule has 76 valence electrons. The minimum Gasteiger partial charge on any atom is -0.348 e. The molecule has 0 aromatic carbocycles. The van der Waals surface area contributed by atoms with Crippen molar-refractivity contribution in [2.45, 2.75) is 46.1 Å². The van der Waals surface area contributed by atoms with E-state index in [4.69, 9.17) is 16.3 Å². The normalized spacial score (nSPS) is 35.3. The highest BCUT2D eigenvalue weighted by Crippen LogP contribution is 2.35. The van der Waals surface area contributed by atoms with E-state index in [1.807, 2.05) is 0 Å². The van der Waals surface area contributed by atoms with Crippen molar-refractivity contribution in [1.82, 2.24) is 0 Å². The molecule has 0 spiro atoms. The third-order valence-electron chi connectivity index (χ3n) is 3.16. The van der Waals surface area contributed by atoms with Crippen LogP contribution in [0.4, 0.5) is 0 Å². The Morgan fingerprint density at radius 3 is 2.62 bits per heavy atom. The summed E-state index contributed by atoms with van der Waals surface area (Å²) in [6.07, 6.45) is 4.01. The summed E-state index contributed by atoms with van der Waals surface area (Å²) in [6.45, 7) is 6.79. The van der Waals surface area contributed by atoms with Crippen molar-refractivity contribution in [1.29, 1.82) is 0 Å². The number of rotatable bonds is 3. The van der Waals surface area contributed by atoms with Crippen LogP contribution in [-0.4, -0.2) is 6.10 Å². The molecule has 2 radical (unpaired) electrons. The van der Waals surface area contributed by atoms with Crippen molar-refractivity contribution >= 4 is 11.6 Å². The smallest absolute Gasteiger partial charge is 0.237 e. The molecule has 0 saturated heterocycles. The van der Waals surface area contributed by atoms with E-state index in [0.29, 0.717) is 17.9 Å². The lowest BCUT2D eigenvalue weighted by Gasteiger charge is -2.36. The van der Waals surface area contributed by atoms with Gasteiger partial charge < -0.3 is 4.74 Å². The fourth-order valence-electron chi connectivity index (χ4n) is 2.31. The van der Waals surface area contributed by atoms with E-state index in [2.05, 4.69) is 26.8 Å². The van der Waals surface area contributed by atoms with E-state index in [9.17, 15) is 0 Å². The summed E-state index contributed by atoms with van der Waals surface area (Å²) in [5.41, 5.74) is 0. The number of halogens is 1. The van der Waals surface area contributed by atoms with Gasteiger partial charge in [0.1, 0.15) is 0 Å². The molecule has 1 nitrogen and oxygen atoms in total. The van der Waals surface area contributed by atoms with Crippen molar-refractivity contribution in [2.24, 2.45) is 17.8 Å². The van der Waals surface area contributed by atoms with Crippen molar-refractivity contribution in [3.8, 4) is 0 Å². The van der Waals surface area contributed by atoms with Gasteiger partial charge in [-0.25, -0.2) is 0 Å². The molecule has 1 rings (SSSR count). The fourth-order valence-corrected chi connectivity index (χ4v) is 2.42. The van der Waals surface area contributed by atoms with E-state index in [1.165, 1.54) is 12.8 Å². The lowest BCUT2D eigenvalue weighted by atomic mass is 9.75. The van der Waals surface area contributed by atoms with Gasteiger partial charge in [-0.15, -0.1) is 0 Å². The number of ether oxygens (including phenoxy) is 1. The molecule has 0 N–H and O–H groups in total. The molecule has 0 aliphatic heterocycles. The van der Waals surface area contributed by atoms with Crippen molar-refractivity contribution < 1.29 is 4.74 Å². The molecule has 0 unspecified atom stereocenters. The number of hydrogen-bond donors (Lipinski definition) is 0. The molecule has 13 heavy (non-hydrogen) atoms. The van der Waals surface area contributed by atoms with Crippen LogP contribution in [0.1, 0.15) is 40.0 Å². The molecule has 1 fully saturated rings. The lowest BCUT2D eigenvalue weighted by Crippen LogP contribution is -2.33. The van der Waals surface area contributed by atoms with E-state index in [0.717, 1.165) is 12.3 Å². The summed E-state index contributed by atoms with van der Waals surface area (Å²) >= 11 is 5.38. The van der Waals surface area contributed by atoms with Crippen LogP contribution in [0, 0.1) is 23.8 Å². The Morgan fingerprint density at radius 2 is 2.08 bits per heavy atom. The predicted molar refractivity (Wildman–Crippen MR) is 55.3 cm³/mol.